The molecule has 4 N–H and O–H groups in total. The largest absolute Gasteiger partial charge is 0.398 e. The van der Waals surface area contributed by atoms with Crippen LogP contribution >= 0.6 is 11.6 Å². The summed E-state index contributed by atoms with van der Waals surface area (Å²) in [6.07, 6.45) is -0.865. The van der Waals surface area contributed by atoms with Crippen LogP contribution in [0, 0.1) is 0 Å². The fraction of sp³-hybridized carbons (Fsp3) is 0.455. The third-order valence-electron chi connectivity index (χ3n) is 2.71. The molecule has 0 fully saturated rings. The van der Waals surface area contributed by atoms with E-state index in [2.05, 4.69) is 4.72 Å². The molecule has 0 amide bonds. The molecule has 0 radical (unpaired) electrons. The van der Waals surface area contributed by atoms with E-state index in [1.807, 2.05) is 0 Å². The number of nitrogens with one attached hydrogen (secondary N) is 1. The van der Waals surface area contributed by atoms with Crippen molar-refractivity contribution in [3.05, 3.63) is 23.2 Å². The van der Waals surface area contributed by atoms with E-state index < -0.39 is 21.7 Å². The Morgan fingerprint density at radius 2 is 2.00 bits per heavy atom. The van der Waals surface area contributed by atoms with Crippen molar-refractivity contribution in [1.82, 2.24) is 4.72 Å². The number of sulfonamides is 1. The molecule has 1 unspecified atom stereocenters. The lowest BCUT2D eigenvalue weighted by Crippen LogP contribution is -2.50. The van der Waals surface area contributed by atoms with Gasteiger partial charge in [0, 0.05) is 0 Å². The Kier molecular flexibility index (Phi) is 4.27. The molecule has 0 aliphatic rings. The van der Waals surface area contributed by atoms with Crippen LogP contribution in [0.1, 0.15) is 20.8 Å². The summed E-state index contributed by atoms with van der Waals surface area (Å²) < 4.78 is 26.8. The molecule has 0 spiro atoms. The molecule has 1 aromatic rings. The SMILES string of the molecule is CC(O)C(C)(C)NS(=O)(=O)c1c(N)cccc1Cl. The maximum absolute atomic E-state index is 12.2. The molecule has 0 saturated carbocycles. The number of nitrogen functional groups attached to an aromatic ring is 1. The fourth-order valence-electron chi connectivity index (χ4n) is 1.29. The van der Waals surface area contributed by atoms with Crippen LogP contribution in [-0.2, 0) is 10.0 Å². The summed E-state index contributed by atoms with van der Waals surface area (Å²) in [6.45, 7) is 4.64. The molecular formula is C11H17ClN2O3S. The molecule has 1 rings (SSSR count). The van der Waals surface area contributed by atoms with E-state index in [-0.39, 0.29) is 15.6 Å². The third kappa shape index (κ3) is 3.14. The average molecular weight is 293 g/mol. The molecule has 5 nitrogen and oxygen atoms in total. The highest BCUT2D eigenvalue weighted by Gasteiger charge is 2.32. The van der Waals surface area contributed by atoms with Crippen LogP contribution in [0.2, 0.25) is 5.02 Å². The van der Waals surface area contributed by atoms with E-state index in [0.717, 1.165) is 0 Å². The van der Waals surface area contributed by atoms with Gasteiger partial charge in [0.2, 0.25) is 10.0 Å². The van der Waals surface area contributed by atoms with Gasteiger partial charge in [-0.05, 0) is 32.9 Å². The zero-order chi connectivity index (χ0) is 14.1. The van der Waals surface area contributed by atoms with Crippen LogP contribution in [0.3, 0.4) is 0 Å². The molecular weight excluding hydrogens is 276 g/mol. The molecule has 0 aliphatic carbocycles. The van der Waals surface area contributed by atoms with E-state index in [1.54, 1.807) is 19.9 Å². The first-order valence-electron chi connectivity index (χ1n) is 5.34. The fourth-order valence-corrected chi connectivity index (χ4v) is 3.45. The Balaban J connectivity index is 3.24. The Labute approximate surface area is 112 Å². The van der Waals surface area contributed by atoms with Gasteiger partial charge in [-0.2, -0.15) is 0 Å². The molecule has 1 atom stereocenters. The zero-order valence-corrected chi connectivity index (χ0v) is 12.0. The molecule has 102 valence electrons. The molecule has 18 heavy (non-hydrogen) atoms. The monoisotopic (exact) mass is 292 g/mol. The normalized spacial score (nSPS) is 14.5. The second-order valence-corrected chi connectivity index (χ2v) is 6.69. The number of rotatable bonds is 4. The first kappa shape index (κ1) is 15.2. The van der Waals surface area contributed by atoms with Crippen molar-refractivity contribution in [3.63, 3.8) is 0 Å². The van der Waals surface area contributed by atoms with Gasteiger partial charge in [-0.3, -0.25) is 0 Å². The molecule has 0 saturated heterocycles. The van der Waals surface area contributed by atoms with Crippen LogP contribution in [0.25, 0.3) is 0 Å². The number of hydrogen-bond donors (Lipinski definition) is 3. The quantitative estimate of drug-likeness (QED) is 0.731. The average Bonchev–Trinajstić information content (AvgIpc) is 2.14. The maximum atomic E-state index is 12.2. The highest BCUT2D eigenvalue weighted by Crippen LogP contribution is 2.28. The molecule has 0 aliphatic heterocycles. The van der Waals surface area contributed by atoms with Crippen molar-refractivity contribution in [2.24, 2.45) is 0 Å². The van der Waals surface area contributed by atoms with E-state index in [1.165, 1.54) is 19.1 Å². The van der Waals surface area contributed by atoms with Crippen molar-refractivity contribution in [2.75, 3.05) is 5.73 Å². The molecule has 7 heteroatoms. The molecule has 0 heterocycles. The van der Waals surface area contributed by atoms with Gasteiger partial charge in [0.1, 0.15) is 4.90 Å². The number of halogens is 1. The Morgan fingerprint density at radius 3 is 2.44 bits per heavy atom. The minimum atomic E-state index is -3.89. The third-order valence-corrected chi connectivity index (χ3v) is 4.92. The van der Waals surface area contributed by atoms with E-state index >= 15 is 0 Å². The number of anilines is 1. The minimum absolute atomic E-state index is 0.0453. The molecule has 0 bridgehead atoms. The number of aliphatic hydroxyl groups excluding tert-OH is 1. The first-order valence-corrected chi connectivity index (χ1v) is 7.20. The van der Waals surface area contributed by atoms with Crippen LogP contribution in [0.15, 0.2) is 23.1 Å². The first-order chi connectivity index (χ1) is 8.08. The standard InChI is InChI=1S/C11H17ClN2O3S/c1-7(15)11(2,3)14-18(16,17)10-8(12)5-4-6-9(10)13/h4-7,14-15H,13H2,1-3H3. The van der Waals surface area contributed by atoms with Gasteiger partial charge >= 0.3 is 0 Å². The lowest BCUT2D eigenvalue weighted by molar-refractivity contribution is 0.111. The molecule has 0 aromatic heterocycles. The number of aliphatic hydroxyl groups is 1. The van der Waals surface area contributed by atoms with Gasteiger partial charge < -0.3 is 10.8 Å². The van der Waals surface area contributed by atoms with E-state index in [0.29, 0.717) is 0 Å². The summed E-state index contributed by atoms with van der Waals surface area (Å²) in [5, 5.41) is 9.58. The van der Waals surface area contributed by atoms with E-state index in [9.17, 15) is 13.5 Å². The summed E-state index contributed by atoms with van der Waals surface area (Å²) >= 11 is 5.86. The predicted molar refractivity (Wildman–Crippen MR) is 71.9 cm³/mol. The number of benzene rings is 1. The van der Waals surface area contributed by atoms with Crippen molar-refractivity contribution in [2.45, 2.75) is 37.3 Å². The van der Waals surface area contributed by atoms with Gasteiger partial charge in [0.25, 0.3) is 0 Å². The summed E-state index contributed by atoms with van der Waals surface area (Å²) in [5.74, 6) is 0. The lowest BCUT2D eigenvalue weighted by Gasteiger charge is -2.29. The van der Waals surface area contributed by atoms with Gasteiger partial charge in [-0.15, -0.1) is 0 Å². The minimum Gasteiger partial charge on any atom is -0.398 e. The number of nitrogens with two attached hydrogens (primary N) is 1. The highest BCUT2D eigenvalue weighted by molar-refractivity contribution is 7.89. The Morgan fingerprint density at radius 1 is 1.44 bits per heavy atom. The van der Waals surface area contributed by atoms with Gasteiger partial charge in [0.05, 0.1) is 22.4 Å². The summed E-state index contributed by atoms with van der Waals surface area (Å²) in [5.41, 5.74) is 4.68. The molecule has 1 aromatic carbocycles. The smallest absolute Gasteiger partial charge is 0.244 e. The summed E-state index contributed by atoms with van der Waals surface area (Å²) in [7, 11) is -3.89. The zero-order valence-electron chi connectivity index (χ0n) is 10.4. The van der Waals surface area contributed by atoms with Crippen LogP contribution in [0.4, 0.5) is 5.69 Å². The van der Waals surface area contributed by atoms with Crippen LogP contribution < -0.4 is 10.5 Å². The van der Waals surface area contributed by atoms with Crippen molar-refractivity contribution in [1.29, 1.82) is 0 Å². The van der Waals surface area contributed by atoms with Crippen molar-refractivity contribution in [3.8, 4) is 0 Å². The highest BCUT2D eigenvalue weighted by atomic mass is 35.5. The Bertz CT molecular complexity index is 521. The van der Waals surface area contributed by atoms with Gasteiger partial charge in [0.15, 0.2) is 0 Å². The predicted octanol–water partition coefficient (Wildman–Crippen LogP) is 1.36. The Hall–Kier alpha value is -0.820. The van der Waals surface area contributed by atoms with Crippen LogP contribution in [0.5, 0.6) is 0 Å². The van der Waals surface area contributed by atoms with Crippen molar-refractivity contribution < 1.29 is 13.5 Å². The van der Waals surface area contributed by atoms with Crippen molar-refractivity contribution >= 4 is 27.3 Å². The summed E-state index contributed by atoms with van der Waals surface area (Å²) in [6, 6.07) is 4.47. The lowest BCUT2D eigenvalue weighted by atomic mass is 10.0. The van der Waals surface area contributed by atoms with Gasteiger partial charge in [-0.1, -0.05) is 17.7 Å². The second-order valence-electron chi connectivity index (χ2n) is 4.66. The maximum Gasteiger partial charge on any atom is 0.244 e. The van der Waals surface area contributed by atoms with E-state index in [4.69, 9.17) is 17.3 Å². The summed E-state index contributed by atoms with van der Waals surface area (Å²) in [4.78, 5) is -0.166. The van der Waals surface area contributed by atoms with Crippen LogP contribution in [-0.4, -0.2) is 25.2 Å². The number of hydrogen-bond acceptors (Lipinski definition) is 4. The van der Waals surface area contributed by atoms with Gasteiger partial charge in [-0.25, -0.2) is 13.1 Å². The topological polar surface area (TPSA) is 92.4 Å². The second kappa shape index (κ2) is 5.05.